The van der Waals surface area contributed by atoms with Gasteiger partial charge in [-0.25, -0.2) is 0 Å². The van der Waals surface area contributed by atoms with Crippen LogP contribution in [0.15, 0.2) is 40.8 Å². The number of rotatable bonds is 6. The molecular formula is C19H15ClF3N5O2. The van der Waals surface area contributed by atoms with Gasteiger partial charge >= 0.3 is 6.18 Å². The molecule has 0 radical (unpaired) electrons. The summed E-state index contributed by atoms with van der Waals surface area (Å²) in [5.41, 5.74) is 0.527. The van der Waals surface area contributed by atoms with Crippen molar-refractivity contribution in [3.63, 3.8) is 0 Å². The van der Waals surface area contributed by atoms with Crippen molar-refractivity contribution < 1.29 is 22.3 Å². The summed E-state index contributed by atoms with van der Waals surface area (Å²) in [4.78, 5) is 0. The van der Waals surface area contributed by atoms with E-state index in [9.17, 15) is 13.2 Å². The minimum atomic E-state index is -4.53. The van der Waals surface area contributed by atoms with Gasteiger partial charge in [0.25, 0.3) is 0 Å². The third-order valence-corrected chi connectivity index (χ3v) is 4.75. The van der Waals surface area contributed by atoms with Gasteiger partial charge in [0, 0.05) is 17.6 Å². The Morgan fingerprint density at radius 3 is 2.73 bits per heavy atom. The Hall–Kier alpha value is -3.27. The van der Waals surface area contributed by atoms with E-state index in [1.165, 1.54) is 12.1 Å². The van der Waals surface area contributed by atoms with Gasteiger partial charge in [-0.05, 0) is 42.0 Å². The second-order valence-corrected chi connectivity index (χ2v) is 6.68. The molecular weight excluding hydrogens is 423 g/mol. The summed E-state index contributed by atoms with van der Waals surface area (Å²) in [5, 5.41) is 17.6. The number of ether oxygens (including phenoxy) is 1. The van der Waals surface area contributed by atoms with Crippen LogP contribution in [0.4, 0.5) is 18.9 Å². The maximum Gasteiger partial charge on any atom is 0.420 e. The van der Waals surface area contributed by atoms with Crippen molar-refractivity contribution in [1.82, 2.24) is 20.6 Å². The largest absolute Gasteiger partial charge is 0.493 e. The summed E-state index contributed by atoms with van der Waals surface area (Å²) < 4.78 is 50.8. The smallest absolute Gasteiger partial charge is 0.420 e. The number of nitrogens with zero attached hydrogens (tertiary/aromatic N) is 3. The fourth-order valence-corrected chi connectivity index (χ4v) is 3.24. The second-order valence-electron chi connectivity index (χ2n) is 6.30. The first kappa shape index (κ1) is 20.0. The Morgan fingerprint density at radius 2 is 2.03 bits per heavy atom. The third-order valence-electron chi connectivity index (χ3n) is 4.34. The minimum absolute atomic E-state index is 0.139. The van der Waals surface area contributed by atoms with Crippen LogP contribution in [-0.4, -0.2) is 27.2 Å². The molecule has 0 atom stereocenters. The number of aromatic amines is 1. The molecule has 0 aliphatic carbocycles. The highest BCUT2D eigenvalue weighted by atomic mass is 35.5. The van der Waals surface area contributed by atoms with Crippen LogP contribution in [0.5, 0.6) is 5.75 Å². The number of tetrazole rings is 1. The Morgan fingerprint density at radius 1 is 1.20 bits per heavy atom. The number of aromatic nitrogens is 4. The quantitative estimate of drug-likeness (QED) is 0.425. The van der Waals surface area contributed by atoms with Crippen LogP contribution in [0.1, 0.15) is 18.1 Å². The van der Waals surface area contributed by atoms with E-state index in [-0.39, 0.29) is 30.4 Å². The van der Waals surface area contributed by atoms with Crippen LogP contribution in [0.3, 0.4) is 0 Å². The van der Waals surface area contributed by atoms with Gasteiger partial charge in [-0.15, -0.1) is 10.2 Å². The molecule has 4 rings (SSSR count). The molecule has 0 saturated carbocycles. The summed E-state index contributed by atoms with van der Waals surface area (Å²) in [6.07, 6.45) is -4.53. The average molecular weight is 438 g/mol. The van der Waals surface area contributed by atoms with Gasteiger partial charge in [0.2, 0.25) is 5.82 Å². The van der Waals surface area contributed by atoms with Gasteiger partial charge in [-0.1, -0.05) is 23.7 Å². The highest BCUT2D eigenvalue weighted by Crippen LogP contribution is 2.38. The molecule has 2 aromatic carbocycles. The number of H-pyrrole nitrogens is 1. The minimum Gasteiger partial charge on any atom is -0.493 e. The fourth-order valence-electron chi connectivity index (χ4n) is 2.96. The van der Waals surface area contributed by atoms with Crippen molar-refractivity contribution in [2.45, 2.75) is 19.6 Å². The first-order valence-electron chi connectivity index (χ1n) is 8.89. The first-order valence-corrected chi connectivity index (χ1v) is 9.27. The van der Waals surface area contributed by atoms with Gasteiger partial charge in [-0.3, -0.25) is 0 Å². The molecule has 11 heteroatoms. The lowest BCUT2D eigenvalue weighted by atomic mass is 10.1. The van der Waals surface area contributed by atoms with Crippen molar-refractivity contribution in [3.05, 3.63) is 52.5 Å². The van der Waals surface area contributed by atoms with Crippen LogP contribution in [0, 0.1) is 0 Å². The van der Waals surface area contributed by atoms with Crippen molar-refractivity contribution in [2.75, 3.05) is 11.9 Å². The summed E-state index contributed by atoms with van der Waals surface area (Å²) in [5.74, 6) is 0.475. The van der Waals surface area contributed by atoms with Crippen molar-refractivity contribution in [1.29, 1.82) is 0 Å². The predicted octanol–water partition coefficient (Wildman–Crippen LogP) is 5.30. The summed E-state index contributed by atoms with van der Waals surface area (Å²) >= 11 is 6.45. The first-order chi connectivity index (χ1) is 14.4. The van der Waals surface area contributed by atoms with Gasteiger partial charge in [0.05, 0.1) is 17.2 Å². The number of hydrogen-bond acceptors (Lipinski definition) is 6. The molecule has 0 saturated heterocycles. The molecule has 4 aromatic rings. The van der Waals surface area contributed by atoms with E-state index in [1.807, 2.05) is 0 Å². The Kier molecular flexibility index (Phi) is 5.25. The number of nitrogens with one attached hydrogen (secondary N) is 2. The molecule has 7 nitrogen and oxygen atoms in total. The zero-order valence-corrected chi connectivity index (χ0v) is 16.3. The number of fused-ring (bicyclic) bond motifs is 1. The molecule has 0 unspecified atom stereocenters. The highest BCUT2D eigenvalue weighted by Gasteiger charge is 2.34. The summed E-state index contributed by atoms with van der Waals surface area (Å²) in [6.45, 7) is 1.96. The van der Waals surface area contributed by atoms with Gasteiger partial charge in [0.15, 0.2) is 11.3 Å². The highest BCUT2D eigenvalue weighted by molar-refractivity contribution is 6.35. The van der Waals surface area contributed by atoms with E-state index in [0.29, 0.717) is 21.9 Å². The summed E-state index contributed by atoms with van der Waals surface area (Å²) in [7, 11) is 0. The standard InChI is InChI=1S/C19H15ClF3N5O2/c1-2-29-14-6-5-12(8-13(14)19(21,22)23)24-9-11-4-3-10-7-15(18-25-27-28-26-18)30-17(10)16(11)20/h3-8,24H,2,9H2,1H3,(H,25,26,27,28). The van der Waals surface area contributed by atoms with E-state index < -0.39 is 11.7 Å². The predicted molar refractivity (Wildman–Crippen MR) is 104 cm³/mol. The number of anilines is 1. The van der Waals surface area contributed by atoms with Crippen LogP contribution in [0.2, 0.25) is 5.02 Å². The normalized spacial score (nSPS) is 11.8. The van der Waals surface area contributed by atoms with E-state index in [2.05, 4.69) is 25.9 Å². The summed E-state index contributed by atoms with van der Waals surface area (Å²) in [6, 6.07) is 9.12. The maximum atomic E-state index is 13.3. The topological polar surface area (TPSA) is 88.9 Å². The Labute approximate surface area is 173 Å². The zero-order valence-electron chi connectivity index (χ0n) is 15.5. The molecule has 2 aromatic heterocycles. The van der Waals surface area contributed by atoms with Crippen molar-refractivity contribution in [2.24, 2.45) is 0 Å². The molecule has 0 fully saturated rings. The van der Waals surface area contributed by atoms with Crippen molar-refractivity contribution >= 4 is 28.3 Å². The fraction of sp³-hybridized carbons (Fsp3) is 0.211. The molecule has 0 spiro atoms. The van der Waals surface area contributed by atoms with Crippen LogP contribution in [0.25, 0.3) is 22.6 Å². The Balaban J connectivity index is 1.58. The Bertz CT molecular complexity index is 1180. The molecule has 2 N–H and O–H groups in total. The number of halogens is 4. The monoisotopic (exact) mass is 437 g/mol. The molecule has 156 valence electrons. The molecule has 0 aliphatic heterocycles. The van der Waals surface area contributed by atoms with E-state index in [4.69, 9.17) is 20.8 Å². The van der Waals surface area contributed by atoms with Crippen LogP contribution < -0.4 is 10.1 Å². The van der Waals surface area contributed by atoms with E-state index in [0.717, 1.165) is 11.5 Å². The molecule has 2 heterocycles. The van der Waals surface area contributed by atoms with Gasteiger partial charge < -0.3 is 14.5 Å². The van der Waals surface area contributed by atoms with Crippen LogP contribution >= 0.6 is 11.6 Å². The lowest BCUT2D eigenvalue weighted by molar-refractivity contribution is -0.138. The second kappa shape index (κ2) is 7.86. The zero-order chi connectivity index (χ0) is 21.3. The molecule has 0 aliphatic rings. The van der Waals surface area contributed by atoms with E-state index >= 15 is 0 Å². The van der Waals surface area contributed by atoms with Crippen molar-refractivity contribution in [3.8, 4) is 17.3 Å². The maximum absolute atomic E-state index is 13.3. The number of benzene rings is 2. The number of hydrogen-bond donors (Lipinski definition) is 2. The molecule has 0 amide bonds. The molecule has 0 bridgehead atoms. The average Bonchev–Trinajstić information content (AvgIpc) is 3.37. The van der Waals surface area contributed by atoms with Crippen LogP contribution in [-0.2, 0) is 12.7 Å². The third kappa shape index (κ3) is 3.90. The van der Waals surface area contributed by atoms with Gasteiger partial charge in [-0.2, -0.15) is 18.4 Å². The lowest BCUT2D eigenvalue weighted by Gasteiger charge is -2.15. The lowest BCUT2D eigenvalue weighted by Crippen LogP contribution is -2.10. The van der Waals surface area contributed by atoms with E-state index in [1.54, 1.807) is 25.1 Å². The molecule has 30 heavy (non-hydrogen) atoms. The number of alkyl halides is 3. The SMILES string of the molecule is CCOc1ccc(NCc2ccc3cc(-c4nn[nH]n4)oc3c2Cl)cc1C(F)(F)F. The van der Waals surface area contributed by atoms with Gasteiger partial charge in [0.1, 0.15) is 5.75 Å². The number of furan rings is 1.